The molecule has 3 aromatic rings. The molecule has 0 fully saturated rings. The summed E-state index contributed by atoms with van der Waals surface area (Å²) < 4.78 is 0.987. The largest absolute Gasteiger partial charge is 0.344 e. The van der Waals surface area contributed by atoms with E-state index in [1.54, 1.807) is 24.3 Å². The number of amides is 1. The van der Waals surface area contributed by atoms with E-state index in [1.165, 1.54) is 0 Å². The second-order valence-corrected chi connectivity index (χ2v) is 6.35. The number of nitrogens with zero attached hydrogens (tertiary/aromatic N) is 1. The minimum absolute atomic E-state index is 0.127. The predicted octanol–water partition coefficient (Wildman–Crippen LogP) is 3.57. The van der Waals surface area contributed by atoms with Crippen LogP contribution in [0.2, 0.25) is 0 Å². The Bertz CT molecular complexity index is 935. The normalized spacial score (nSPS) is 12.1. The molecule has 2 aromatic carbocycles. The molecule has 2 N–H and O–H groups in total. The Morgan fingerprint density at radius 2 is 1.83 bits per heavy atom. The summed E-state index contributed by atoms with van der Waals surface area (Å²) in [5.41, 5.74) is 0.936. The average molecular weight is 386 g/mol. The monoisotopic (exact) mass is 385 g/mol. The maximum Gasteiger partial charge on any atom is 0.272 e. The molecule has 0 radical (unpaired) electrons. The molecule has 5 nitrogen and oxygen atoms in total. The van der Waals surface area contributed by atoms with Gasteiger partial charge in [-0.15, -0.1) is 0 Å². The van der Waals surface area contributed by atoms with Crippen molar-refractivity contribution in [1.82, 2.24) is 15.5 Å². The van der Waals surface area contributed by atoms with E-state index >= 15 is 0 Å². The molecule has 1 atom stereocenters. The van der Waals surface area contributed by atoms with Gasteiger partial charge in [-0.1, -0.05) is 53.2 Å². The van der Waals surface area contributed by atoms with Crippen LogP contribution in [0.4, 0.5) is 0 Å². The quantitative estimate of drug-likeness (QED) is 0.720. The summed E-state index contributed by atoms with van der Waals surface area (Å²) in [4.78, 5) is 24.5. The van der Waals surface area contributed by atoms with E-state index in [2.05, 4.69) is 31.4 Å². The Labute approximate surface area is 147 Å². The maximum atomic E-state index is 12.7. The van der Waals surface area contributed by atoms with E-state index in [-0.39, 0.29) is 23.2 Å². The summed E-state index contributed by atoms with van der Waals surface area (Å²) in [5.74, 6) is -0.308. The lowest BCUT2D eigenvalue weighted by molar-refractivity contribution is 0.0931. The molecule has 0 aliphatic heterocycles. The number of halogens is 1. The SMILES string of the molecule is CCC(NC(=O)c1n[nH]c(=O)c2ccccc12)c1ccc(Br)cc1. The van der Waals surface area contributed by atoms with Gasteiger partial charge in [0.1, 0.15) is 0 Å². The summed E-state index contributed by atoms with van der Waals surface area (Å²) in [5, 5.41) is 10.3. The van der Waals surface area contributed by atoms with Gasteiger partial charge in [0.05, 0.1) is 11.4 Å². The molecule has 1 amide bonds. The number of nitrogens with one attached hydrogen (secondary N) is 2. The molecule has 1 heterocycles. The van der Waals surface area contributed by atoms with Crippen molar-refractivity contribution in [2.75, 3.05) is 0 Å². The molecule has 3 rings (SSSR count). The van der Waals surface area contributed by atoms with E-state index in [4.69, 9.17) is 0 Å². The van der Waals surface area contributed by atoms with Gasteiger partial charge in [-0.2, -0.15) is 5.10 Å². The van der Waals surface area contributed by atoms with Crippen LogP contribution in [-0.4, -0.2) is 16.1 Å². The topological polar surface area (TPSA) is 74.8 Å². The lowest BCUT2D eigenvalue weighted by Gasteiger charge is -2.17. The molecular formula is C18H16BrN3O2. The van der Waals surface area contributed by atoms with Gasteiger partial charge >= 0.3 is 0 Å². The molecule has 1 unspecified atom stereocenters. The second kappa shape index (κ2) is 6.97. The van der Waals surface area contributed by atoms with Crippen LogP contribution in [0, 0.1) is 0 Å². The third kappa shape index (κ3) is 3.23. The van der Waals surface area contributed by atoms with Crippen LogP contribution in [0.3, 0.4) is 0 Å². The van der Waals surface area contributed by atoms with Crippen molar-refractivity contribution in [3.05, 3.63) is 74.6 Å². The molecule has 0 aliphatic carbocycles. The van der Waals surface area contributed by atoms with Crippen LogP contribution in [0.15, 0.2) is 57.8 Å². The van der Waals surface area contributed by atoms with Gasteiger partial charge in [0.25, 0.3) is 11.5 Å². The Morgan fingerprint density at radius 3 is 2.50 bits per heavy atom. The van der Waals surface area contributed by atoms with Crippen LogP contribution in [-0.2, 0) is 0 Å². The van der Waals surface area contributed by atoms with Gasteiger partial charge in [-0.05, 0) is 30.2 Å². The van der Waals surface area contributed by atoms with Crippen LogP contribution in [0.25, 0.3) is 10.8 Å². The van der Waals surface area contributed by atoms with Crippen LogP contribution in [0.1, 0.15) is 35.4 Å². The molecule has 1 aromatic heterocycles. The summed E-state index contributed by atoms with van der Waals surface area (Å²) >= 11 is 3.41. The van der Waals surface area contributed by atoms with Gasteiger partial charge in [-0.3, -0.25) is 9.59 Å². The van der Waals surface area contributed by atoms with E-state index in [9.17, 15) is 9.59 Å². The highest BCUT2D eigenvalue weighted by molar-refractivity contribution is 9.10. The lowest BCUT2D eigenvalue weighted by Crippen LogP contribution is -2.30. The van der Waals surface area contributed by atoms with Crippen molar-refractivity contribution in [1.29, 1.82) is 0 Å². The predicted molar refractivity (Wildman–Crippen MR) is 97.0 cm³/mol. The van der Waals surface area contributed by atoms with Crippen molar-refractivity contribution in [3.63, 3.8) is 0 Å². The Kier molecular flexibility index (Phi) is 4.76. The summed E-state index contributed by atoms with van der Waals surface area (Å²) in [7, 11) is 0. The van der Waals surface area contributed by atoms with Crippen LogP contribution < -0.4 is 10.9 Å². The fraction of sp³-hybridized carbons (Fsp3) is 0.167. The Morgan fingerprint density at radius 1 is 1.17 bits per heavy atom. The van der Waals surface area contributed by atoms with E-state index < -0.39 is 0 Å². The molecule has 122 valence electrons. The molecule has 0 spiro atoms. The minimum atomic E-state index is -0.308. The number of carbonyl (C=O) groups is 1. The van der Waals surface area contributed by atoms with Crippen molar-refractivity contribution < 1.29 is 4.79 Å². The van der Waals surface area contributed by atoms with Crippen molar-refractivity contribution >= 4 is 32.6 Å². The molecule has 0 aliphatic rings. The summed E-state index contributed by atoms with van der Waals surface area (Å²) in [6.45, 7) is 2.01. The third-order valence-corrected chi connectivity index (χ3v) is 4.43. The number of carbonyl (C=O) groups excluding carboxylic acids is 1. The smallest absolute Gasteiger partial charge is 0.272 e. The molecular weight excluding hydrogens is 370 g/mol. The number of H-pyrrole nitrogens is 1. The van der Waals surface area contributed by atoms with Gasteiger partial charge in [0, 0.05) is 9.86 Å². The zero-order chi connectivity index (χ0) is 17.1. The van der Waals surface area contributed by atoms with Gasteiger partial charge in [0.15, 0.2) is 5.69 Å². The number of aromatic amines is 1. The zero-order valence-electron chi connectivity index (χ0n) is 13.0. The second-order valence-electron chi connectivity index (χ2n) is 5.43. The number of rotatable bonds is 4. The summed E-state index contributed by atoms with van der Waals surface area (Å²) in [6.07, 6.45) is 0.745. The van der Waals surface area contributed by atoms with Crippen molar-refractivity contribution in [2.45, 2.75) is 19.4 Å². The Hall–Kier alpha value is -2.47. The maximum absolute atomic E-state index is 12.7. The average Bonchev–Trinajstić information content (AvgIpc) is 2.61. The Balaban J connectivity index is 1.93. The minimum Gasteiger partial charge on any atom is -0.344 e. The first kappa shape index (κ1) is 16.4. The van der Waals surface area contributed by atoms with Crippen molar-refractivity contribution in [3.8, 4) is 0 Å². The first-order valence-corrected chi connectivity index (χ1v) is 8.43. The molecule has 0 saturated carbocycles. The number of hydrogen-bond acceptors (Lipinski definition) is 3. The van der Waals surface area contributed by atoms with E-state index in [0.29, 0.717) is 10.8 Å². The highest BCUT2D eigenvalue weighted by atomic mass is 79.9. The van der Waals surface area contributed by atoms with Gasteiger partial charge < -0.3 is 5.32 Å². The molecule has 6 heteroatoms. The number of aromatic nitrogens is 2. The highest BCUT2D eigenvalue weighted by Crippen LogP contribution is 2.20. The summed E-state index contributed by atoms with van der Waals surface area (Å²) in [6, 6.07) is 14.6. The van der Waals surface area contributed by atoms with E-state index in [1.807, 2.05) is 31.2 Å². The zero-order valence-corrected chi connectivity index (χ0v) is 14.6. The number of benzene rings is 2. The fourth-order valence-electron chi connectivity index (χ4n) is 2.63. The first-order valence-electron chi connectivity index (χ1n) is 7.64. The van der Waals surface area contributed by atoms with Gasteiger partial charge in [0.2, 0.25) is 0 Å². The van der Waals surface area contributed by atoms with Crippen LogP contribution in [0.5, 0.6) is 0 Å². The molecule has 0 bridgehead atoms. The number of hydrogen-bond donors (Lipinski definition) is 2. The molecule has 24 heavy (non-hydrogen) atoms. The van der Waals surface area contributed by atoms with Gasteiger partial charge in [-0.25, -0.2) is 5.10 Å². The van der Waals surface area contributed by atoms with Crippen LogP contribution >= 0.6 is 15.9 Å². The van der Waals surface area contributed by atoms with E-state index in [0.717, 1.165) is 16.5 Å². The third-order valence-electron chi connectivity index (χ3n) is 3.90. The lowest BCUT2D eigenvalue weighted by atomic mass is 10.0. The standard InChI is InChI=1S/C18H16BrN3O2/c1-2-15(11-7-9-12(19)10-8-11)20-18(24)16-13-5-3-4-6-14(13)17(23)22-21-16/h3-10,15H,2H2,1H3,(H,20,24)(H,22,23). The fourth-order valence-corrected chi connectivity index (χ4v) is 2.89. The first-order chi connectivity index (χ1) is 11.6. The highest BCUT2D eigenvalue weighted by Gasteiger charge is 2.18. The number of fused-ring (bicyclic) bond motifs is 1. The molecule has 0 saturated heterocycles. The van der Waals surface area contributed by atoms with Crippen molar-refractivity contribution in [2.24, 2.45) is 0 Å².